The van der Waals surface area contributed by atoms with Crippen LogP contribution in [0.4, 0.5) is 4.79 Å². The molecule has 0 saturated heterocycles. The van der Waals surface area contributed by atoms with Crippen molar-refractivity contribution >= 4 is 6.09 Å². The first-order valence-electron chi connectivity index (χ1n) is 5.06. The van der Waals surface area contributed by atoms with E-state index in [4.69, 9.17) is 10.00 Å². The lowest BCUT2D eigenvalue weighted by Gasteiger charge is -2.07. The molecule has 1 N–H and O–H groups in total. The first-order valence-corrected chi connectivity index (χ1v) is 5.06. The predicted octanol–water partition coefficient (Wildman–Crippen LogP) is 2.13. The van der Waals surface area contributed by atoms with Crippen molar-refractivity contribution in [2.75, 3.05) is 6.54 Å². The topological polar surface area (TPSA) is 62.1 Å². The van der Waals surface area contributed by atoms with Gasteiger partial charge in [-0.15, -0.1) is 0 Å². The number of carbonyl (C=O) groups is 1. The number of rotatable bonds is 4. The second-order valence-corrected chi connectivity index (χ2v) is 3.34. The molecule has 1 amide bonds. The Morgan fingerprint density at radius 3 is 2.94 bits per heavy atom. The van der Waals surface area contributed by atoms with Crippen molar-refractivity contribution in [3.8, 4) is 6.07 Å². The van der Waals surface area contributed by atoms with Gasteiger partial charge in [0.05, 0.1) is 12.5 Å². The number of ether oxygens (including phenoxy) is 1. The smallest absolute Gasteiger partial charge is 0.407 e. The van der Waals surface area contributed by atoms with Crippen molar-refractivity contribution in [3.05, 3.63) is 35.4 Å². The van der Waals surface area contributed by atoms with Gasteiger partial charge >= 0.3 is 6.09 Å². The molecule has 0 aliphatic carbocycles. The fourth-order valence-electron chi connectivity index (χ4n) is 1.19. The van der Waals surface area contributed by atoms with Gasteiger partial charge in [-0.25, -0.2) is 4.79 Å². The van der Waals surface area contributed by atoms with Crippen molar-refractivity contribution in [2.24, 2.45) is 0 Å². The number of nitriles is 1. The molecule has 0 atom stereocenters. The molecule has 0 radical (unpaired) electrons. The van der Waals surface area contributed by atoms with Gasteiger partial charge in [0.15, 0.2) is 0 Å². The molecule has 0 saturated carbocycles. The van der Waals surface area contributed by atoms with Crippen molar-refractivity contribution < 1.29 is 9.53 Å². The Balaban J connectivity index is 2.32. The monoisotopic (exact) mass is 218 g/mol. The van der Waals surface area contributed by atoms with Gasteiger partial charge in [0.1, 0.15) is 6.61 Å². The predicted molar refractivity (Wildman–Crippen MR) is 59.6 cm³/mol. The van der Waals surface area contributed by atoms with Crippen LogP contribution in [-0.2, 0) is 11.3 Å². The SMILES string of the molecule is Cc1ccccc1COC(=O)NCCC#N. The van der Waals surface area contributed by atoms with Gasteiger partial charge in [-0.1, -0.05) is 24.3 Å². The van der Waals surface area contributed by atoms with Gasteiger partial charge in [0.2, 0.25) is 0 Å². The van der Waals surface area contributed by atoms with Crippen LogP contribution in [-0.4, -0.2) is 12.6 Å². The van der Waals surface area contributed by atoms with E-state index in [1.807, 2.05) is 37.3 Å². The molecule has 1 aromatic carbocycles. The van der Waals surface area contributed by atoms with Crippen molar-refractivity contribution in [3.63, 3.8) is 0 Å². The second-order valence-electron chi connectivity index (χ2n) is 3.34. The Morgan fingerprint density at radius 2 is 2.25 bits per heavy atom. The Bertz CT molecular complexity index is 396. The van der Waals surface area contributed by atoms with Crippen LogP contribution < -0.4 is 5.32 Å². The highest BCUT2D eigenvalue weighted by Crippen LogP contribution is 2.07. The molecule has 0 fully saturated rings. The summed E-state index contributed by atoms with van der Waals surface area (Å²) >= 11 is 0. The number of hydrogen-bond acceptors (Lipinski definition) is 3. The van der Waals surface area contributed by atoms with Gasteiger partial charge in [-0.3, -0.25) is 0 Å². The van der Waals surface area contributed by atoms with E-state index in [1.165, 1.54) is 0 Å². The van der Waals surface area contributed by atoms with Crippen LogP contribution in [0.2, 0.25) is 0 Å². The van der Waals surface area contributed by atoms with Gasteiger partial charge in [0.25, 0.3) is 0 Å². The van der Waals surface area contributed by atoms with E-state index in [9.17, 15) is 4.79 Å². The average Bonchev–Trinajstić information content (AvgIpc) is 2.28. The van der Waals surface area contributed by atoms with Gasteiger partial charge in [0, 0.05) is 6.54 Å². The molecule has 0 aliphatic heterocycles. The minimum atomic E-state index is -0.487. The van der Waals surface area contributed by atoms with Gasteiger partial charge in [-0.05, 0) is 18.1 Å². The molecule has 4 nitrogen and oxygen atoms in total. The third-order valence-electron chi connectivity index (χ3n) is 2.13. The zero-order valence-corrected chi connectivity index (χ0v) is 9.19. The quantitative estimate of drug-likeness (QED) is 0.787. The molecular formula is C12H14N2O2. The molecule has 0 bridgehead atoms. The molecular weight excluding hydrogens is 204 g/mol. The van der Waals surface area contributed by atoms with Crippen LogP contribution in [0.25, 0.3) is 0 Å². The maximum atomic E-state index is 11.2. The van der Waals surface area contributed by atoms with Crippen LogP contribution in [0.3, 0.4) is 0 Å². The van der Waals surface area contributed by atoms with E-state index in [1.54, 1.807) is 0 Å². The maximum absolute atomic E-state index is 11.2. The summed E-state index contributed by atoms with van der Waals surface area (Å²) in [6.07, 6.45) is -0.196. The number of aryl methyl sites for hydroxylation is 1. The molecule has 0 unspecified atom stereocenters. The molecule has 1 rings (SSSR count). The summed E-state index contributed by atoms with van der Waals surface area (Å²) in [5, 5.41) is 10.8. The molecule has 84 valence electrons. The third kappa shape index (κ3) is 4.01. The molecule has 0 heterocycles. The zero-order valence-electron chi connectivity index (χ0n) is 9.19. The van der Waals surface area contributed by atoms with E-state index < -0.39 is 6.09 Å². The van der Waals surface area contributed by atoms with Crippen LogP contribution in [0.5, 0.6) is 0 Å². The molecule has 0 aromatic heterocycles. The van der Waals surface area contributed by atoms with Crippen LogP contribution in [0.15, 0.2) is 24.3 Å². The van der Waals surface area contributed by atoms with Crippen LogP contribution >= 0.6 is 0 Å². The van der Waals surface area contributed by atoms with E-state index in [0.717, 1.165) is 11.1 Å². The number of nitrogens with one attached hydrogen (secondary N) is 1. The standard InChI is InChI=1S/C12H14N2O2/c1-10-5-2-3-6-11(10)9-16-12(15)14-8-4-7-13/h2-3,5-6H,4,8-9H2,1H3,(H,14,15). The number of benzene rings is 1. The summed E-state index contributed by atoms with van der Waals surface area (Å²) in [6.45, 7) is 2.54. The molecule has 0 aliphatic rings. The molecule has 1 aromatic rings. The first kappa shape index (κ1) is 12.1. The Kier molecular flexibility index (Phi) is 4.87. The average molecular weight is 218 g/mol. The number of nitrogens with zero attached hydrogens (tertiary/aromatic N) is 1. The van der Waals surface area contributed by atoms with Crippen molar-refractivity contribution in [2.45, 2.75) is 20.0 Å². The lowest BCUT2D eigenvalue weighted by molar-refractivity contribution is 0.139. The number of alkyl carbamates (subject to hydrolysis) is 1. The van der Waals surface area contributed by atoms with Crippen LogP contribution in [0.1, 0.15) is 17.5 Å². The normalized spacial score (nSPS) is 9.25. The summed E-state index contributed by atoms with van der Waals surface area (Å²) in [6, 6.07) is 9.65. The number of carbonyl (C=O) groups excluding carboxylic acids is 1. The van der Waals surface area contributed by atoms with E-state index in [0.29, 0.717) is 13.0 Å². The van der Waals surface area contributed by atoms with Crippen molar-refractivity contribution in [1.29, 1.82) is 5.26 Å². The van der Waals surface area contributed by atoms with Gasteiger partial charge in [-0.2, -0.15) is 5.26 Å². The van der Waals surface area contributed by atoms with E-state index in [-0.39, 0.29) is 6.61 Å². The Hall–Kier alpha value is -2.02. The summed E-state index contributed by atoms with van der Waals surface area (Å²) in [7, 11) is 0. The summed E-state index contributed by atoms with van der Waals surface area (Å²) < 4.78 is 5.00. The number of amides is 1. The highest BCUT2D eigenvalue weighted by atomic mass is 16.5. The summed E-state index contributed by atoms with van der Waals surface area (Å²) in [4.78, 5) is 11.2. The minimum absolute atomic E-state index is 0.255. The number of hydrogen-bond donors (Lipinski definition) is 1. The zero-order chi connectivity index (χ0) is 11.8. The van der Waals surface area contributed by atoms with E-state index >= 15 is 0 Å². The first-order chi connectivity index (χ1) is 7.74. The largest absolute Gasteiger partial charge is 0.445 e. The maximum Gasteiger partial charge on any atom is 0.407 e. The summed E-state index contributed by atoms with van der Waals surface area (Å²) in [5.74, 6) is 0. The summed E-state index contributed by atoms with van der Waals surface area (Å²) in [5.41, 5.74) is 2.07. The highest BCUT2D eigenvalue weighted by Gasteiger charge is 2.02. The second kappa shape index (κ2) is 6.46. The molecule has 16 heavy (non-hydrogen) atoms. The van der Waals surface area contributed by atoms with Gasteiger partial charge < -0.3 is 10.1 Å². The van der Waals surface area contributed by atoms with E-state index in [2.05, 4.69) is 5.32 Å². The molecule has 4 heteroatoms. The Morgan fingerprint density at radius 1 is 1.50 bits per heavy atom. The molecule has 0 spiro atoms. The third-order valence-corrected chi connectivity index (χ3v) is 2.13. The fraction of sp³-hybridized carbons (Fsp3) is 0.333. The Labute approximate surface area is 94.8 Å². The van der Waals surface area contributed by atoms with Crippen LogP contribution in [0, 0.1) is 18.3 Å². The fourth-order valence-corrected chi connectivity index (χ4v) is 1.19. The highest BCUT2D eigenvalue weighted by molar-refractivity contribution is 5.67. The lowest BCUT2D eigenvalue weighted by atomic mass is 10.1. The van der Waals surface area contributed by atoms with Crippen molar-refractivity contribution in [1.82, 2.24) is 5.32 Å². The lowest BCUT2D eigenvalue weighted by Crippen LogP contribution is -2.25. The minimum Gasteiger partial charge on any atom is -0.445 e.